The molecule has 0 atom stereocenters. The maximum absolute atomic E-state index is 10.5. The van der Waals surface area contributed by atoms with Gasteiger partial charge in [0.1, 0.15) is 0 Å². The molecule has 0 aromatic heterocycles. The van der Waals surface area contributed by atoms with E-state index < -0.39 is 4.92 Å². The fourth-order valence-electron chi connectivity index (χ4n) is 1.17. The molecule has 0 saturated heterocycles. The zero-order valence-corrected chi connectivity index (χ0v) is 10.1. The van der Waals surface area contributed by atoms with Gasteiger partial charge in [0.2, 0.25) is 0 Å². The molecule has 4 heteroatoms. The van der Waals surface area contributed by atoms with Gasteiger partial charge in [0, 0.05) is 23.7 Å². The summed E-state index contributed by atoms with van der Waals surface area (Å²) in [6, 6.07) is 4.33. The van der Waals surface area contributed by atoms with Crippen LogP contribution in [0.5, 0.6) is 0 Å². The lowest BCUT2D eigenvalue weighted by Crippen LogP contribution is -1.93. The van der Waals surface area contributed by atoms with Gasteiger partial charge in [0.25, 0.3) is 5.69 Å². The van der Waals surface area contributed by atoms with Gasteiger partial charge in [-0.3, -0.25) is 10.1 Å². The normalized spacial score (nSPS) is 12.8. The number of nitrogens with zero attached hydrogens (tertiary/aromatic N) is 1. The van der Waals surface area contributed by atoms with Crippen molar-refractivity contribution < 1.29 is 4.92 Å². The topological polar surface area (TPSA) is 69.2 Å². The van der Waals surface area contributed by atoms with Gasteiger partial charge < -0.3 is 5.73 Å². The van der Waals surface area contributed by atoms with Crippen molar-refractivity contribution in [1.29, 1.82) is 0 Å². The van der Waals surface area contributed by atoms with Gasteiger partial charge in [-0.05, 0) is 18.9 Å². The number of anilines is 1. The first-order valence-electron chi connectivity index (χ1n) is 5.72. The first kappa shape index (κ1) is 13.0. The Balaban J connectivity index is 0.000000686. The highest BCUT2D eigenvalue weighted by Crippen LogP contribution is 2.28. The van der Waals surface area contributed by atoms with Gasteiger partial charge in [-0.25, -0.2) is 0 Å². The quantitative estimate of drug-likeness (QED) is 0.350. The third kappa shape index (κ3) is 3.80. The van der Waals surface area contributed by atoms with Crippen LogP contribution in [0, 0.1) is 27.9 Å². The smallest absolute Gasteiger partial charge is 0.270 e. The molecular weight excluding hydrogens is 216 g/mol. The van der Waals surface area contributed by atoms with E-state index in [1.165, 1.54) is 18.2 Å². The second-order valence-corrected chi connectivity index (χ2v) is 3.57. The van der Waals surface area contributed by atoms with Crippen molar-refractivity contribution >= 4 is 11.4 Å². The standard InChI is InChI=1S/C11H10N2O2.C2H6/c12-11-6-5-10(13(14)15)7-9(11)4-3-8-1-2-8;1-2/h5-8H,1-2,12H2;1-2H3. The average molecular weight is 232 g/mol. The third-order valence-corrected chi connectivity index (χ3v) is 2.24. The Morgan fingerprint density at radius 3 is 2.59 bits per heavy atom. The van der Waals surface area contributed by atoms with Crippen molar-refractivity contribution in [2.75, 3.05) is 5.73 Å². The molecule has 2 N–H and O–H groups in total. The first-order chi connectivity index (χ1) is 8.16. The van der Waals surface area contributed by atoms with Crippen LogP contribution in [0.2, 0.25) is 0 Å². The Bertz CT molecular complexity index is 468. The monoisotopic (exact) mass is 232 g/mol. The molecule has 90 valence electrons. The minimum Gasteiger partial charge on any atom is -0.398 e. The number of nitro benzene ring substituents is 1. The summed E-state index contributed by atoms with van der Waals surface area (Å²) >= 11 is 0. The molecule has 0 spiro atoms. The van der Waals surface area contributed by atoms with E-state index >= 15 is 0 Å². The highest BCUT2D eigenvalue weighted by atomic mass is 16.6. The molecule has 1 saturated carbocycles. The predicted molar refractivity (Wildman–Crippen MR) is 68.5 cm³/mol. The summed E-state index contributed by atoms with van der Waals surface area (Å²) < 4.78 is 0. The van der Waals surface area contributed by atoms with E-state index in [4.69, 9.17) is 5.73 Å². The molecule has 0 unspecified atom stereocenters. The van der Waals surface area contributed by atoms with Crippen LogP contribution in [0.3, 0.4) is 0 Å². The van der Waals surface area contributed by atoms with Crippen LogP contribution in [-0.2, 0) is 0 Å². The Morgan fingerprint density at radius 1 is 1.41 bits per heavy atom. The van der Waals surface area contributed by atoms with Crippen LogP contribution in [0.15, 0.2) is 18.2 Å². The third-order valence-electron chi connectivity index (χ3n) is 2.24. The van der Waals surface area contributed by atoms with Crippen LogP contribution in [0.1, 0.15) is 32.3 Å². The Morgan fingerprint density at radius 2 is 2.06 bits per heavy atom. The molecule has 4 nitrogen and oxygen atoms in total. The van der Waals surface area contributed by atoms with Gasteiger partial charge >= 0.3 is 0 Å². The van der Waals surface area contributed by atoms with Crippen LogP contribution in [-0.4, -0.2) is 4.92 Å². The van der Waals surface area contributed by atoms with Crippen molar-refractivity contribution in [2.45, 2.75) is 26.7 Å². The Kier molecular flexibility index (Phi) is 4.53. The van der Waals surface area contributed by atoms with E-state index in [1.54, 1.807) is 0 Å². The maximum Gasteiger partial charge on any atom is 0.270 e. The van der Waals surface area contributed by atoms with Gasteiger partial charge in [0.15, 0.2) is 0 Å². The van der Waals surface area contributed by atoms with Crippen LogP contribution >= 0.6 is 0 Å². The minimum atomic E-state index is -0.443. The average Bonchev–Trinajstić information content (AvgIpc) is 3.14. The first-order valence-corrected chi connectivity index (χ1v) is 5.72. The number of nitrogens with two attached hydrogens (primary N) is 1. The van der Waals surface area contributed by atoms with E-state index in [-0.39, 0.29) is 5.69 Å². The van der Waals surface area contributed by atoms with E-state index in [0.717, 1.165) is 12.8 Å². The van der Waals surface area contributed by atoms with Crippen molar-refractivity contribution in [3.63, 3.8) is 0 Å². The molecule has 1 aromatic rings. The second-order valence-electron chi connectivity index (χ2n) is 3.57. The summed E-state index contributed by atoms with van der Waals surface area (Å²) in [5.41, 5.74) is 6.75. The molecule has 1 aliphatic rings. The highest BCUT2D eigenvalue weighted by molar-refractivity contribution is 5.60. The maximum atomic E-state index is 10.5. The highest BCUT2D eigenvalue weighted by Gasteiger charge is 2.18. The molecule has 17 heavy (non-hydrogen) atoms. The summed E-state index contributed by atoms with van der Waals surface area (Å²) in [5, 5.41) is 10.5. The van der Waals surface area contributed by atoms with E-state index in [0.29, 0.717) is 17.2 Å². The van der Waals surface area contributed by atoms with Gasteiger partial charge in [0.05, 0.1) is 10.5 Å². The van der Waals surface area contributed by atoms with E-state index in [9.17, 15) is 10.1 Å². The van der Waals surface area contributed by atoms with Crippen LogP contribution in [0.25, 0.3) is 0 Å². The molecule has 0 amide bonds. The van der Waals surface area contributed by atoms with Gasteiger partial charge in [-0.2, -0.15) is 0 Å². The lowest BCUT2D eigenvalue weighted by Gasteiger charge is -1.97. The molecule has 0 heterocycles. The summed E-state index contributed by atoms with van der Waals surface area (Å²) in [4.78, 5) is 10.1. The molecule has 2 rings (SSSR count). The molecule has 1 aromatic carbocycles. The molecular formula is C13H16N2O2. The molecule has 0 aliphatic heterocycles. The number of non-ortho nitro benzene ring substituents is 1. The zero-order chi connectivity index (χ0) is 12.8. The lowest BCUT2D eigenvalue weighted by atomic mass is 10.1. The summed E-state index contributed by atoms with van der Waals surface area (Å²) in [6.45, 7) is 4.00. The number of nitro groups is 1. The Hall–Kier alpha value is -2.02. The molecule has 1 aliphatic carbocycles. The largest absolute Gasteiger partial charge is 0.398 e. The molecule has 0 radical (unpaired) electrons. The summed E-state index contributed by atoms with van der Waals surface area (Å²) in [6.07, 6.45) is 2.25. The number of hydrogen-bond donors (Lipinski definition) is 1. The zero-order valence-electron chi connectivity index (χ0n) is 10.1. The van der Waals surface area contributed by atoms with Gasteiger partial charge in [-0.1, -0.05) is 25.7 Å². The molecule has 1 fully saturated rings. The van der Waals surface area contributed by atoms with Crippen molar-refractivity contribution in [2.24, 2.45) is 5.92 Å². The van der Waals surface area contributed by atoms with E-state index in [1.807, 2.05) is 13.8 Å². The number of benzene rings is 1. The fourth-order valence-corrected chi connectivity index (χ4v) is 1.17. The predicted octanol–water partition coefficient (Wildman–Crippen LogP) is 2.96. The number of nitrogen functional groups attached to an aromatic ring is 1. The lowest BCUT2D eigenvalue weighted by molar-refractivity contribution is -0.384. The van der Waals surface area contributed by atoms with Crippen molar-refractivity contribution in [1.82, 2.24) is 0 Å². The molecule has 0 bridgehead atoms. The van der Waals surface area contributed by atoms with Crippen LogP contribution in [0.4, 0.5) is 11.4 Å². The summed E-state index contributed by atoms with van der Waals surface area (Å²) in [7, 11) is 0. The van der Waals surface area contributed by atoms with Crippen LogP contribution < -0.4 is 5.73 Å². The SMILES string of the molecule is CC.Nc1ccc([N+](=O)[O-])cc1C#CC1CC1. The van der Waals surface area contributed by atoms with Gasteiger partial charge in [-0.15, -0.1) is 0 Å². The second kappa shape index (κ2) is 5.90. The van der Waals surface area contributed by atoms with Crippen molar-refractivity contribution in [3.8, 4) is 11.8 Å². The minimum absolute atomic E-state index is 0.0318. The van der Waals surface area contributed by atoms with Crippen molar-refractivity contribution in [3.05, 3.63) is 33.9 Å². The Labute approximate surface area is 101 Å². The number of hydrogen-bond acceptors (Lipinski definition) is 3. The van der Waals surface area contributed by atoms with E-state index in [2.05, 4.69) is 11.8 Å². The summed E-state index contributed by atoms with van der Waals surface area (Å²) in [5.74, 6) is 6.38. The fraction of sp³-hybridized carbons (Fsp3) is 0.385. The number of rotatable bonds is 1.